The average Bonchev–Trinajstić information content (AvgIpc) is 3.72. The van der Waals surface area contributed by atoms with E-state index in [2.05, 4.69) is 11.8 Å². The molecule has 0 spiro atoms. The van der Waals surface area contributed by atoms with Crippen molar-refractivity contribution in [1.29, 1.82) is 0 Å². The van der Waals surface area contributed by atoms with Gasteiger partial charge < -0.3 is 24.8 Å². The highest BCUT2D eigenvalue weighted by Gasteiger charge is 2.49. The van der Waals surface area contributed by atoms with Crippen molar-refractivity contribution in [3.05, 3.63) is 57.6 Å². The van der Waals surface area contributed by atoms with Gasteiger partial charge in [0.15, 0.2) is 23.6 Å². The van der Waals surface area contributed by atoms with Crippen molar-refractivity contribution >= 4 is 17.3 Å². The highest BCUT2D eigenvalue weighted by Crippen LogP contribution is 2.52. The summed E-state index contributed by atoms with van der Waals surface area (Å²) in [6, 6.07) is 6.46. The van der Waals surface area contributed by atoms with Crippen molar-refractivity contribution in [1.82, 2.24) is 4.90 Å². The number of phenols is 2. The number of hydrogen-bond acceptors (Lipinski definition) is 9. The number of benzene rings is 2. The first-order valence-corrected chi connectivity index (χ1v) is 13.1. The third kappa shape index (κ3) is 3.71. The molecule has 6 rings (SSSR count). The normalized spacial score (nSPS) is 32.4. The molecule has 3 N–H and O–H groups in total. The third-order valence-electron chi connectivity index (χ3n) is 8.84. The molecule has 4 aliphatic rings. The van der Waals surface area contributed by atoms with Crippen molar-refractivity contribution in [2.24, 2.45) is 5.92 Å². The van der Waals surface area contributed by atoms with Gasteiger partial charge in [0.1, 0.15) is 17.1 Å². The number of rotatable bonds is 4. The summed E-state index contributed by atoms with van der Waals surface area (Å²) in [5, 5.41) is 34.2. The first-order valence-electron chi connectivity index (χ1n) is 13.1. The number of Topliss-reactive ketones (excluding diaryl/α,β-unsaturated/α-hetero) is 1. The Labute approximate surface area is 220 Å². The molecule has 0 saturated carbocycles. The smallest absolute Gasteiger partial charge is 0.198 e. The Morgan fingerprint density at radius 3 is 2.24 bits per heavy atom. The molecule has 2 fully saturated rings. The minimum Gasteiger partial charge on any atom is -0.507 e. The van der Waals surface area contributed by atoms with E-state index in [1.165, 1.54) is 19.1 Å². The van der Waals surface area contributed by atoms with Gasteiger partial charge in [0.25, 0.3) is 0 Å². The molecule has 4 unspecified atom stereocenters. The molecule has 0 bridgehead atoms. The molecule has 2 heterocycles. The van der Waals surface area contributed by atoms with E-state index >= 15 is 0 Å². The van der Waals surface area contributed by atoms with Crippen molar-refractivity contribution < 1.29 is 39.2 Å². The van der Waals surface area contributed by atoms with Crippen LogP contribution in [0.1, 0.15) is 82.7 Å². The number of nitrogens with zero attached hydrogens (tertiary/aromatic N) is 1. The highest BCUT2D eigenvalue weighted by atomic mass is 16.7. The SMILES string of the molecule is CC(=O)[C@]1(O)Cc2c(O)c3c(c(O)c2[C@@H](OC2CC(N4CC4)C(C)C(C)O2)C1)C(=O)c1ccccc1C3=O. The number of carbonyl (C=O) groups is 3. The van der Waals surface area contributed by atoms with Gasteiger partial charge in [-0.2, -0.15) is 0 Å². The van der Waals surface area contributed by atoms with Gasteiger partial charge in [-0.15, -0.1) is 0 Å². The summed E-state index contributed by atoms with van der Waals surface area (Å²) in [6.07, 6.45) is -1.85. The van der Waals surface area contributed by atoms with Gasteiger partial charge in [-0.05, 0) is 19.8 Å². The Balaban J connectivity index is 1.46. The van der Waals surface area contributed by atoms with E-state index in [0.717, 1.165) is 13.1 Å². The van der Waals surface area contributed by atoms with Crippen molar-refractivity contribution in [3.8, 4) is 11.5 Å². The number of carbonyl (C=O) groups excluding carboxylic acids is 3. The lowest BCUT2D eigenvalue weighted by Gasteiger charge is -2.43. The Hall–Kier alpha value is -3.11. The molecule has 9 heteroatoms. The van der Waals surface area contributed by atoms with Gasteiger partial charge in [0, 0.05) is 60.6 Å². The van der Waals surface area contributed by atoms with Crippen LogP contribution in [0.25, 0.3) is 0 Å². The number of phenolic OH excluding ortho intramolecular Hbond substituents is 2. The minimum atomic E-state index is -1.90. The lowest BCUT2D eigenvalue weighted by atomic mass is 9.72. The number of aromatic hydroxyl groups is 2. The van der Waals surface area contributed by atoms with E-state index in [9.17, 15) is 29.7 Å². The number of fused-ring (bicyclic) bond motifs is 3. The third-order valence-corrected chi connectivity index (χ3v) is 8.84. The fourth-order valence-corrected chi connectivity index (χ4v) is 6.35. The van der Waals surface area contributed by atoms with Gasteiger partial charge in [-0.1, -0.05) is 31.2 Å². The fourth-order valence-electron chi connectivity index (χ4n) is 6.35. The second-order valence-corrected chi connectivity index (χ2v) is 11.1. The molecule has 200 valence electrons. The predicted molar refractivity (Wildman–Crippen MR) is 134 cm³/mol. The molecule has 38 heavy (non-hydrogen) atoms. The summed E-state index contributed by atoms with van der Waals surface area (Å²) >= 11 is 0. The molecule has 0 aromatic heterocycles. The molecular weight excluding hydrogens is 490 g/mol. The van der Waals surface area contributed by atoms with Crippen LogP contribution in [0.2, 0.25) is 0 Å². The second-order valence-electron chi connectivity index (χ2n) is 11.1. The average molecular weight is 522 g/mol. The lowest BCUT2D eigenvalue weighted by Crippen LogP contribution is -2.48. The van der Waals surface area contributed by atoms with Crippen molar-refractivity contribution in [3.63, 3.8) is 0 Å². The predicted octanol–water partition coefficient (Wildman–Crippen LogP) is 2.65. The van der Waals surface area contributed by atoms with Crippen LogP contribution >= 0.6 is 0 Å². The standard InChI is InChI=1S/C29H31NO8/c1-13-14(2)37-21(10-19(13)30-8-9-30)38-20-12-29(36,15(3)31)11-18-22(20)28(35)24-23(27(18)34)25(32)16-6-4-5-7-17(16)26(24)33/h4-7,13-14,19-21,34-36H,8-12H2,1-3H3/t13?,14?,19?,20-,21?,29-/m0/s1. The summed E-state index contributed by atoms with van der Waals surface area (Å²) in [5.74, 6) is -2.46. The monoisotopic (exact) mass is 521 g/mol. The molecular formula is C29H31NO8. The van der Waals surface area contributed by atoms with Crippen LogP contribution in [0.3, 0.4) is 0 Å². The van der Waals surface area contributed by atoms with E-state index in [1.54, 1.807) is 12.1 Å². The molecule has 6 atom stereocenters. The van der Waals surface area contributed by atoms with Gasteiger partial charge in [-0.3, -0.25) is 19.3 Å². The molecule has 0 radical (unpaired) electrons. The van der Waals surface area contributed by atoms with Crippen molar-refractivity contribution in [2.75, 3.05) is 13.1 Å². The number of hydrogen-bond donors (Lipinski definition) is 3. The number of ether oxygens (including phenoxy) is 2. The van der Waals surface area contributed by atoms with Gasteiger partial charge in [-0.25, -0.2) is 0 Å². The van der Waals surface area contributed by atoms with Crippen molar-refractivity contribution in [2.45, 2.75) is 70.2 Å². The zero-order valence-electron chi connectivity index (χ0n) is 21.6. The Kier molecular flexibility index (Phi) is 5.77. The largest absolute Gasteiger partial charge is 0.507 e. The van der Waals surface area contributed by atoms with Gasteiger partial charge >= 0.3 is 0 Å². The summed E-state index contributed by atoms with van der Waals surface area (Å²) in [4.78, 5) is 41.7. The highest BCUT2D eigenvalue weighted by molar-refractivity contribution is 6.30. The number of ketones is 3. The fraction of sp³-hybridized carbons (Fsp3) is 0.483. The topological polar surface area (TPSA) is 133 Å². The van der Waals surface area contributed by atoms with E-state index in [1.807, 2.05) is 6.92 Å². The van der Waals surface area contributed by atoms with E-state index in [0.29, 0.717) is 6.42 Å². The Morgan fingerprint density at radius 1 is 1.05 bits per heavy atom. The quantitative estimate of drug-likeness (QED) is 0.350. The van der Waals surface area contributed by atoms with E-state index < -0.39 is 46.8 Å². The summed E-state index contributed by atoms with van der Waals surface area (Å²) in [5.41, 5.74) is -2.14. The summed E-state index contributed by atoms with van der Waals surface area (Å²) < 4.78 is 12.5. The zero-order valence-corrected chi connectivity index (χ0v) is 21.6. The first-order chi connectivity index (χ1) is 18.0. The maximum Gasteiger partial charge on any atom is 0.198 e. The molecule has 9 nitrogen and oxygen atoms in total. The van der Waals surface area contributed by atoms with Crippen LogP contribution in [0.5, 0.6) is 11.5 Å². The van der Waals surface area contributed by atoms with Crippen LogP contribution in [0.4, 0.5) is 0 Å². The summed E-state index contributed by atoms with van der Waals surface area (Å²) in [7, 11) is 0. The van der Waals surface area contributed by atoms with E-state index in [4.69, 9.17) is 9.47 Å². The van der Waals surface area contributed by atoms with Crippen LogP contribution in [0.15, 0.2) is 24.3 Å². The minimum absolute atomic E-state index is 0.0236. The summed E-state index contributed by atoms with van der Waals surface area (Å²) in [6.45, 7) is 7.36. The van der Waals surface area contributed by atoms with Gasteiger partial charge in [0.2, 0.25) is 0 Å². The number of aliphatic hydroxyl groups is 1. The maximum atomic E-state index is 13.5. The maximum absolute atomic E-state index is 13.5. The molecule has 2 saturated heterocycles. The molecule has 2 aromatic rings. The second kappa shape index (κ2) is 8.71. The Morgan fingerprint density at radius 2 is 1.66 bits per heavy atom. The molecule has 2 aliphatic heterocycles. The molecule has 0 amide bonds. The Bertz CT molecular complexity index is 1380. The van der Waals surface area contributed by atoms with E-state index in [-0.39, 0.29) is 64.3 Å². The molecule has 2 aromatic carbocycles. The van der Waals surface area contributed by atoms with Crippen LogP contribution in [-0.2, 0) is 20.7 Å². The van der Waals surface area contributed by atoms with Crippen LogP contribution in [0, 0.1) is 5.92 Å². The first kappa shape index (κ1) is 25.2. The molecule has 2 aliphatic carbocycles. The zero-order chi connectivity index (χ0) is 27.1. The van der Waals surface area contributed by atoms with Crippen LogP contribution < -0.4 is 0 Å². The van der Waals surface area contributed by atoms with Gasteiger partial charge in [0.05, 0.1) is 23.3 Å². The van der Waals surface area contributed by atoms with Crippen LogP contribution in [-0.4, -0.2) is 74.7 Å². The lowest BCUT2D eigenvalue weighted by molar-refractivity contribution is -0.242.